The molecule has 1 amide bonds. The summed E-state index contributed by atoms with van der Waals surface area (Å²) in [5.74, 6) is 0.855. The van der Waals surface area contributed by atoms with E-state index in [-0.39, 0.29) is 11.5 Å². The van der Waals surface area contributed by atoms with Crippen LogP contribution < -0.4 is 21.5 Å². The van der Waals surface area contributed by atoms with Crippen LogP contribution in [0, 0.1) is 0 Å². The maximum Gasteiger partial charge on any atom is 0.332 e. The Bertz CT molecular complexity index is 1170. The fraction of sp³-hybridized carbons (Fsp3) is 0.476. The highest BCUT2D eigenvalue weighted by molar-refractivity contribution is 5.75. The van der Waals surface area contributed by atoms with Gasteiger partial charge in [0.1, 0.15) is 5.82 Å². The Labute approximate surface area is 180 Å². The molecule has 0 bridgehead atoms. The largest absolute Gasteiger partial charge is 0.357 e. The standard InChI is InChI=1S/C21H29N7O3/c1-5-27(6-2)16-10-9-15(12-22-16)13-23-17(29)8-7-11-28-14-24-19-18(28)20(30)26(4)21(31)25(19)3/h9-10,12,14H,5-8,11,13H2,1-4H3,(H,23,29). The number of nitrogens with zero attached hydrogens (tertiary/aromatic N) is 6. The number of carbonyl (C=O) groups is 1. The fourth-order valence-electron chi connectivity index (χ4n) is 3.52. The number of carbonyl (C=O) groups excluding carboxylic acids is 1. The number of rotatable bonds is 9. The number of hydrogen-bond acceptors (Lipinski definition) is 6. The van der Waals surface area contributed by atoms with E-state index in [1.165, 1.54) is 17.9 Å². The van der Waals surface area contributed by atoms with E-state index < -0.39 is 5.69 Å². The van der Waals surface area contributed by atoms with Gasteiger partial charge in [0.2, 0.25) is 5.91 Å². The number of pyridine rings is 1. The van der Waals surface area contributed by atoms with Gasteiger partial charge in [-0.2, -0.15) is 0 Å². The van der Waals surface area contributed by atoms with Crippen LogP contribution >= 0.6 is 0 Å². The Hall–Kier alpha value is -3.43. The lowest BCUT2D eigenvalue weighted by molar-refractivity contribution is -0.121. The quantitative estimate of drug-likeness (QED) is 0.541. The molecule has 3 rings (SSSR count). The summed E-state index contributed by atoms with van der Waals surface area (Å²) in [5, 5.41) is 2.90. The molecule has 0 unspecified atom stereocenters. The zero-order valence-corrected chi connectivity index (χ0v) is 18.5. The van der Waals surface area contributed by atoms with Crippen molar-refractivity contribution >= 4 is 22.9 Å². The van der Waals surface area contributed by atoms with E-state index in [1.54, 1.807) is 17.8 Å². The van der Waals surface area contributed by atoms with Crippen LogP contribution in [0.5, 0.6) is 0 Å². The minimum absolute atomic E-state index is 0.0717. The summed E-state index contributed by atoms with van der Waals surface area (Å²) in [6.45, 7) is 6.84. The summed E-state index contributed by atoms with van der Waals surface area (Å²) in [7, 11) is 3.02. The van der Waals surface area contributed by atoms with Crippen molar-refractivity contribution in [3.8, 4) is 0 Å². The summed E-state index contributed by atoms with van der Waals surface area (Å²) in [5.41, 5.74) is 0.847. The molecular formula is C21H29N7O3. The van der Waals surface area contributed by atoms with Gasteiger partial charge in [0, 0.05) is 52.9 Å². The van der Waals surface area contributed by atoms with E-state index in [9.17, 15) is 14.4 Å². The minimum atomic E-state index is -0.415. The molecule has 0 spiro atoms. The normalized spacial score (nSPS) is 11.1. The number of fused-ring (bicyclic) bond motifs is 1. The number of nitrogens with one attached hydrogen (secondary N) is 1. The topological polar surface area (TPSA) is 107 Å². The molecule has 0 aliphatic rings. The first-order chi connectivity index (χ1) is 14.9. The average molecular weight is 428 g/mol. The molecule has 31 heavy (non-hydrogen) atoms. The van der Waals surface area contributed by atoms with Gasteiger partial charge >= 0.3 is 5.69 Å². The highest BCUT2D eigenvalue weighted by Gasteiger charge is 2.14. The number of imidazole rings is 1. The van der Waals surface area contributed by atoms with Crippen molar-refractivity contribution in [2.24, 2.45) is 14.1 Å². The number of aryl methyl sites for hydroxylation is 2. The number of anilines is 1. The second-order valence-electron chi connectivity index (χ2n) is 7.39. The summed E-state index contributed by atoms with van der Waals surface area (Å²) in [6, 6.07) is 3.94. The van der Waals surface area contributed by atoms with Gasteiger partial charge in [-0.25, -0.2) is 14.8 Å². The van der Waals surface area contributed by atoms with E-state index in [2.05, 4.69) is 34.0 Å². The lowest BCUT2D eigenvalue weighted by atomic mass is 10.2. The third kappa shape index (κ3) is 4.68. The van der Waals surface area contributed by atoms with Crippen LogP contribution in [-0.4, -0.2) is 42.7 Å². The van der Waals surface area contributed by atoms with Crippen LogP contribution in [0.15, 0.2) is 34.2 Å². The van der Waals surface area contributed by atoms with Crippen molar-refractivity contribution in [2.75, 3.05) is 18.0 Å². The van der Waals surface area contributed by atoms with Gasteiger partial charge in [-0.3, -0.25) is 18.7 Å². The molecule has 3 aromatic heterocycles. The third-order valence-corrected chi connectivity index (χ3v) is 5.41. The second kappa shape index (κ2) is 9.59. The molecule has 166 valence electrons. The first-order valence-corrected chi connectivity index (χ1v) is 10.4. The third-order valence-electron chi connectivity index (χ3n) is 5.41. The lowest BCUT2D eigenvalue weighted by Gasteiger charge is -2.19. The molecule has 0 radical (unpaired) electrons. The highest BCUT2D eigenvalue weighted by Crippen LogP contribution is 2.11. The van der Waals surface area contributed by atoms with Gasteiger partial charge < -0.3 is 14.8 Å². The Morgan fingerprint density at radius 2 is 1.84 bits per heavy atom. The molecule has 3 aromatic rings. The molecule has 1 N–H and O–H groups in total. The Morgan fingerprint density at radius 1 is 1.10 bits per heavy atom. The van der Waals surface area contributed by atoms with Gasteiger partial charge in [-0.15, -0.1) is 0 Å². The molecule has 10 heteroatoms. The van der Waals surface area contributed by atoms with Crippen molar-refractivity contribution in [3.05, 3.63) is 51.1 Å². The second-order valence-corrected chi connectivity index (χ2v) is 7.39. The van der Waals surface area contributed by atoms with E-state index in [1.807, 2.05) is 12.1 Å². The zero-order valence-electron chi connectivity index (χ0n) is 18.5. The fourth-order valence-corrected chi connectivity index (χ4v) is 3.52. The molecule has 0 saturated heterocycles. The monoisotopic (exact) mass is 427 g/mol. The minimum Gasteiger partial charge on any atom is -0.357 e. The molecule has 0 fully saturated rings. The van der Waals surface area contributed by atoms with Gasteiger partial charge in [-0.05, 0) is 31.9 Å². The summed E-state index contributed by atoms with van der Waals surface area (Å²) in [4.78, 5) is 47.5. The van der Waals surface area contributed by atoms with Gasteiger partial charge in [0.25, 0.3) is 5.56 Å². The van der Waals surface area contributed by atoms with Crippen LogP contribution in [0.2, 0.25) is 0 Å². The Kier molecular flexibility index (Phi) is 6.88. The maximum absolute atomic E-state index is 12.4. The number of hydrogen-bond donors (Lipinski definition) is 1. The molecule has 3 heterocycles. The van der Waals surface area contributed by atoms with Crippen molar-refractivity contribution in [1.82, 2.24) is 29.0 Å². The summed E-state index contributed by atoms with van der Waals surface area (Å²) < 4.78 is 4.10. The zero-order chi connectivity index (χ0) is 22.5. The van der Waals surface area contributed by atoms with E-state index in [0.29, 0.717) is 37.1 Å². The molecule has 0 saturated carbocycles. The van der Waals surface area contributed by atoms with Crippen molar-refractivity contribution in [2.45, 2.75) is 39.8 Å². The molecule has 0 aliphatic heterocycles. The Balaban J connectivity index is 1.54. The molecular weight excluding hydrogens is 398 g/mol. The molecule has 0 aromatic carbocycles. The van der Waals surface area contributed by atoms with Crippen LogP contribution in [0.25, 0.3) is 11.2 Å². The SMILES string of the molecule is CCN(CC)c1ccc(CNC(=O)CCCn2cnc3c2c(=O)n(C)c(=O)n3C)cn1. The van der Waals surface area contributed by atoms with Crippen molar-refractivity contribution < 1.29 is 4.79 Å². The average Bonchev–Trinajstić information content (AvgIpc) is 3.20. The molecule has 0 aliphatic carbocycles. The molecule has 0 atom stereocenters. The first kappa shape index (κ1) is 22.3. The Morgan fingerprint density at radius 3 is 2.48 bits per heavy atom. The number of aromatic nitrogens is 5. The van der Waals surface area contributed by atoms with Crippen molar-refractivity contribution in [1.29, 1.82) is 0 Å². The summed E-state index contributed by atoms with van der Waals surface area (Å²) in [6.07, 6.45) is 4.18. The predicted molar refractivity (Wildman–Crippen MR) is 119 cm³/mol. The predicted octanol–water partition coefficient (Wildman–Crippen LogP) is 0.772. The lowest BCUT2D eigenvalue weighted by Crippen LogP contribution is -2.37. The van der Waals surface area contributed by atoms with Gasteiger partial charge in [-0.1, -0.05) is 6.07 Å². The van der Waals surface area contributed by atoms with E-state index in [4.69, 9.17) is 0 Å². The van der Waals surface area contributed by atoms with Crippen LogP contribution in [-0.2, 0) is 32.0 Å². The van der Waals surface area contributed by atoms with Crippen molar-refractivity contribution in [3.63, 3.8) is 0 Å². The van der Waals surface area contributed by atoms with Crippen LogP contribution in [0.3, 0.4) is 0 Å². The van der Waals surface area contributed by atoms with Crippen LogP contribution in [0.4, 0.5) is 5.82 Å². The smallest absolute Gasteiger partial charge is 0.332 e. The van der Waals surface area contributed by atoms with Gasteiger partial charge in [0.05, 0.1) is 6.33 Å². The van der Waals surface area contributed by atoms with Gasteiger partial charge in [0.15, 0.2) is 11.2 Å². The first-order valence-electron chi connectivity index (χ1n) is 10.4. The number of amides is 1. The molecule has 10 nitrogen and oxygen atoms in total. The maximum atomic E-state index is 12.4. The van der Waals surface area contributed by atoms with E-state index in [0.717, 1.165) is 29.0 Å². The summed E-state index contributed by atoms with van der Waals surface area (Å²) >= 11 is 0. The van der Waals surface area contributed by atoms with Crippen LogP contribution in [0.1, 0.15) is 32.3 Å². The van der Waals surface area contributed by atoms with E-state index >= 15 is 0 Å². The highest BCUT2D eigenvalue weighted by atomic mass is 16.2.